The lowest BCUT2D eigenvalue weighted by atomic mass is 10.1. The van der Waals surface area contributed by atoms with Crippen LogP contribution in [0, 0.1) is 6.92 Å². The minimum atomic E-state index is -0.0970. The van der Waals surface area contributed by atoms with Gasteiger partial charge in [-0.05, 0) is 66.4 Å². The Morgan fingerprint density at radius 3 is 2.84 bits per heavy atom. The highest BCUT2D eigenvalue weighted by Gasteiger charge is 2.12. The summed E-state index contributed by atoms with van der Waals surface area (Å²) in [6, 6.07) is 6.93. The lowest BCUT2D eigenvalue weighted by Crippen LogP contribution is -2.34. The fourth-order valence-electron chi connectivity index (χ4n) is 2.02. The number of amides is 1. The first kappa shape index (κ1) is 13.6. The normalized spacial score (nSPS) is 12.1. The van der Waals surface area contributed by atoms with Crippen LogP contribution in [0.3, 0.4) is 0 Å². The van der Waals surface area contributed by atoms with E-state index < -0.39 is 0 Å². The number of phenolic OH excluding ortho intramolecular Hbond substituents is 1. The maximum absolute atomic E-state index is 12.1. The number of phenols is 1. The summed E-state index contributed by atoms with van der Waals surface area (Å²) in [5, 5.41) is 16.4. The van der Waals surface area contributed by atoms with Crippen molar-refractivity contribution in [1.82, 2.24) is 5.32 Å². The van der Waals surface area contributed by atoms with Crippen LogP contribution in [-0.2, 0) is 6.42 Å². The molecule has 0 radical (unpaired) electrons. The van der Waals surface area contributed by atoms with Crippen molar-refractivity contribution in [3.8, 4) is 5.75 Å². The van der Waals surface area contributed by atoms with Crippen LogP contribution in [0.25, 0.3) is 0 Å². The van der Waals surface area contributed by atoms with Crippen molar-refractivity contribution in [3.63, 3.8) is 0 Å². The number of aromatic hydroxyl groups is 1. The molecule has 0 aliphatic heterocycles. The summed E-state index contributed by atoms with van der Waals surface area (Å²) in [5.41, 5.74) is 2.62. The van der Waals surface area contributed by atoms with E-state index in [0.29, 0.717) is 5.56 Å². The minimum Gasteiger partial charge on any atom is -0.508 e. The summed E-state index contributed by atoms with van der Waals surface area (Å²) in [6.45, 7) is 3.81. The van der Waals surface area contributed by atoms with Gasteiger partial charge in [-0.15, -0.1) is 0 Å². The predicted molar refractivity (Wildman–Crippen MR) is 77.8 cm³/mol. The number of carbonyl (C=O) groups is 1. The Kier molecular flexibility index (Phi) is 4.22. The molecule has 100 valence electrons. The molecule has 0 aliphatic rings. The smallest absolute Gasteiger partial charge is 0.251 e. The first-order valence-electron chi connectivity index (χ1n) is 6.18. The first-order chi connectivity index (χ1) is 9.06. The average Bonchev–Trinajstić information content (AvgIpc) is 2.81. The van der Waals surface area contributed by atoms with E-state index in [1.54, 1.807) is 23.5 Å². The van der Waals surface area contributed by atoms with Crippen molar-refractivity contribution in [2.45, 2.75) is 26.3 Å². The van der Waals surface area contributed by atoms with Crippen molar-refractivity contribution in [2.75, 3.05) is 0 Å². The topological polar surface area (TPSA) is 49.3 Å². The zero-order valence-electron chi connectivity index (χ0n) is 11.0. The summed E-state index contributed by atoms with van der Waals surface area (Å²) in [7, 11) is 0. The molecule has 1 aromatic carbocycles. The molecule has 19 heavy (non-hydrogen) atoms. The second-order valence-electron chi connectivity index (χ2n) is 4.71. The molecule has 2 rings (SSSR count). The van der Waals surface area contributed by atoms with Crippen LogP contribution in [0.4, 0.5) is 0 Å². The number of thiophene rings is 1. The zero-order valence-corrected chi connectivity index (χ0v) is 11.8. The van der Waals surface area contributed by atoms with Gasteiger partial charge in [-0.3, -0.25) is 4.79 Å². The summed E-state index contributed by atoms with van der Waals surface area (Å²) in [4.78, 5) is 12.1. The van der Waals surface area contributed by atoms with Crippen molar-refractivity contribution >= 4 is 17.2 Å². The molecule has 0 saturated carbocycles. The van der Waals surface area contributed by atoms with Crippen LogP contribution >= 0.6 is 11.3 Å². The van der Waals surface area contributed by atoms with E-state index in [2.05, 4.69) is 16.8 Å². The van der Waals surface area contributed by atoms with Crippen LogP contribution < -0.4 is 5.32 Å². The Balaban J connectivity index is 2.00. The minimum absolute atomic E-state index is 0.0790. The van der Waals surface area contributed by atoms with Gasteiger partial charge in [0.25, 0.3) is 5.91 Å². The fourth-order valence-corrected chi connectivity index (χ4v) is 2.70. The molecule has 4 heteroatoms. The monoisotopic (exact) mass is 275 g/mol. The molecule has 0 fully saturated rings. The highest BCUT2D eigenvalue weighted by atomic mass is 32.1. The van der Waals surface area contributed by atoms with Gasteiger partial charge < -0.3 is 10.4 Å². The number of carbonyl (C=O) groups excluding carboxylic acids is 1. The average molecular weight is 275 g/mol. The molecular formula is C15H17NO2S. The number of hydrogen-bond acceptors (Lipinski definition) is 3. The van der Waals surface area contributed by atoms with Gasteiger partial charge in [0.05, 0.1) is 0 Å². The van der Waals surface area contributed by atoms with Crippen LogP contribution in [0.2, 0.25) is 0 Å². The van der Waals surface area contributed by atoms with Crippen molar-refractivity contribution in [1.29, 1.82) is 0 Å². The molecule has 0 saturated heterocycles. The quantitative estimate of drug-likeness (QED) is 0.900. The van der Waals surface area contributed by atoms with Gasteiger partial charge in [0.15, 0.2) is 0 Å². The van der Waals surface area contributed by atoms with E-state index in [-0.39, 0.29) is 17.7 Å². The van der Waals surface area contributed by atoms with Crippen LogP contribution in [0.5, 0.6) is 5.75 Å². The zero-order chi connectivity index (χ0) is 13.8. The summed E-state index contributed by atoms with van der Waals surface area (Å²) >= 11 is 1.66. The van der Waals surface area contributed by atoms with Crippen molar-refractivity contribution in [3.05, 3.63) is 51.7 Å². The lowest BCUT2D eigenvalue weighted by Gasteiger charge is -2.14. The van der Waals surface area contributed by atoms with Gasteiger partial charge in [-0.25, -0.2) is 0 Å². The Morgan fingerprint density at radius 1 is 1.42 bits per heavy atom. The third kappa shape index (κ3) is 3.58. The molecular weight excluding hydrogens is 258 g/mol. The fraction of sp³-hybridized carbons (Fsp3) is 0.267. The maximum atomic E-state index is 12.1. The molecule has 1 atom stereocenters. The molecule has 3 nitrogen and oxygen atoms in total. The largest absolute Gasteiger partial charge is 0.508 e. The molecule has 2 aromatic rings. The third-order valence-electron chi connectivity index (χ3n) is 2.95. The van der Waals surface area contributed by atoms with E-state index in [1.165, 1.54) is 11.6 Å². The Labute approximate surface area is 116 Å². The molecule has 1 unspecified atom stereocenters. The van der Waals surface area contributed by atoms with Crippen molar-refractivity contribution < 1.29 is 9.90 Å². The maximum Gasteiger partial charge on any atom is 0.251 e. The third-order valence-corrected chi connectivity index (χ3v) is 3.69. The van der Waals surface area contributed by atoms with E-state index in [9.17, 15) is 9.90 Å². The number of hydrogen-bond donors (Lipinski definition) is 2. The first-order valence-corrected chi connectivity index (χ1v) is 7.12. The van der Waals surface area contributed by atoms with Gasteiger partial charge in [0, 0.05) is 11.6 Å². The number of nitrogens with one attached hydrogen (secondary N) is 1. The van der Waals surface area contributed by atoms with E-state index >= 15 is 0 Å². The van der Waals surface area contributed by atoms with E-state index in [4.69, 9.17) is 0 Å². The van der Waals surface area contributed by atoms with Crippen LogP contribution in [-0.4, -0.2) is 17.1 Å². The Hall–Kier alpha value is -1.81. The van der Waals surface area contributed by atoms with Crippen LogP contribution in [0.15, 0.2) is 35.0 Å². The van der Waals surface area contributed by atoms with E-state index in [0.717, 1.165) is 12.0 Å². The van der Waals surface area contributed by atoms with E-state index in [1.807, 2.05) is 19.2 Å². The molecule has 0 bridgehead atoms. The molecule has 1 amide bonds. The summed E-state index contributed by atoms with van der Waals surface area (Å²) in [6.07, 6.45) is 0.826. The second kappa shape index (κ2) is 5.89. The summed E-state index contributed by atoms with van der Waals surface area (Å²) in [5.74, 6) is 0.0839. The second-order valence-corrected chi connectivity index (χ2v) is 5.49. The Morgan fingerprint density at radius 2 is 2.21 bits per heavy atom. The molecule has 1 aromatic heterocycles. The lowest BCUT2D eigenvalue weighted by molar-refractivity contribution is 0.0939. The predicted octanol–water partition coefficient (Wildman–Crippen LogP) is 3.12. The number of rotatable bonds is 4. The summed E-state index contributed by atoms with van der Waals surface area (Å²) < 4.78 is 0. The molecule has 0 spiro atoms. The van der Waals surface area contributed by atoms with Gasteiger partial charge in [-0.1, -0.05) is 0 Å². The van der Waals surface area contributed by atoms with Gasteiger partial charge in [0.2, 0.25) is 0 Å². The van der Waals surface area contributed by atoms with Gasteiger partial charge in [0.1, 0.15) is 5.75 Å². The molecule has 2 N–H and O–H groups in total. The highest BCUT2D eigenvalue weighted by molar-refractivity contribution is 7.07. The molecule has 0 aliphatic carbocycles. The van der Waals surface area contributed by atoms with Gasteiger partial charge >= 0.3 is 0 Å². The number of aryl methyl sites for hydroxylation is 1. The van der Waals surface area contributed by atoms with Crippen LogP contribution in [0.1, 0.15) is 28.4 Å². The SMILES string of the molecule is Cc1cc(O)ccc1C(=O)NC(C)Cc1ccsc1. The standard InChI is InChI=1S/C15H17NO2S/c1-10-7-13(17)3-4-14(10)15(18)16-11(2)8-12-5-6-19-9-12/h3-7,9,11,17H,8H2,1-2H3,(H,16,18). The van der Waals surface area contributed by atoms with Crippen molar-refractivity contribution in [2.24, 2.45) is 0 Å². The number of benzene rings is 1. The van der Waals surface area contributed by atoms with Gasteiger partial charge in [-0.2, -0.15) is 11.3 Å². The highest BCUT2D eigenvalue weighted by Crippen LogP contribution is 2.16. The molecule has 1 heterocycles. The Bertz CT molecular complexity index is 564.